The summed E-state index contributed by atoms with van der Waals surface area (Å²) in [7, 11) is 0. The number of anilines is 1. The normalized spacial score (nSPS) is 12.1. The number of thioether (sulfide) groups is 1. The Balaban J connectivity index is 1.35. The molecule has 1 aliphatic heterocycles. The molecule has 0 saturated carbocycles. The first-order valence-corrected chi connectivity index (χ1v) is 12.2. The summed E-state index contributed by atoms with van der Waals surface area (Å²) >= 11 is 1.50. The topological polar surface area (TPSA) is 87.5 Å². The molecule has 3 aromatic carbocycles. The monoisotopic (exact) mass is 488 g/mol. The Morgan fingerprint density at radius 1 is 1.06 bits per heavy atom. The smallest absolute Gasteiger partial charge is 0.336 e. The highest BCUT2D eigenvalue weighted by Gasteiger charge is 2.20. The van der Waals surface area contributed by atoms with Gasteiger partial charge in [-0.2, -0.15) is 4.98 Å². The van der Waals surface area contributed by atoms with Crippen LogP contribution in [0.4, 0.5) is 5.69 Å². The van der Waals surface area contributed by atoms with E-state index in [1.807, 2.05) is 86.6 Å². The van der Waals surface area contributed by atoms with E-state index in [-0.39, 0.29) is 24.8 Å². The fourth-order valence-corrected chi connectivity index (χ4v) is 4.22. The van der Waals surface area contributed by atoms with Crippen LogP contribution >= 0.6 is 11.8 Å². The molecule has 0 spiro atoms. The number of fused-ring (bicyclic) bond motifs is 1. The van der Waals surface area contributed by atoms with Gasteiger partial charge < -0.3 is 19.5 Å². The summed E-state index contributed by atoms with van der Waals surface area (Å²) in [6, 6.07) is 23.2. The average Bonchev–Trinajstić information content (AvgIpc) is 3.50. The molecule has 1 aromatic heterocycles. The van der Waals surface area contributed by atoms with E-state index in [0.29, 0.717) is 28.8 Å². The number of amides is 1. The molecule has 2 heterocycles. The number of nitrogens with zero attached hydrogens (tertiary/aromatic N) is 3. The van der Waals surface area contributed by atoms with Crippen molar-refractivity contribution in [2.45, 2.75) is 24.8 Å². The molecule has 35 heavy (non-hydrogen) atoms. The molecule has 1 aliphatic rings. The molecule has 0 fully saturated rings. The Morgan fingerprint density at radius 3 is 2.60 bits per heavy atom. The van der Waals surface area contributed by atoms with E-state index in [2.05, 4.69) is 15.4 Å². The number of ether oxygens (including phenoxy) is 3. The summed E-state index contributed by atoms with van der Waals surface area (Å²) in [5.41, 5.74) is 2.30. The molecule has 8 nitrogen and oxygen atoms in total. The second-order valence-corrected chi connectivity index (χ2v) is 9.11. The van der Waals surface area contributed by atoms with Gasteiger partial charge in [0.1, 0.15) is 0 Å². The van der Waals surface area contributed by atoms with Crippen molar-refractivity contribution in [1.82, 2.24) is 14.8 Å². The molecule has 178 valence electrons. The van der Waals surface area contributed by atoms with Crippen molar-refractivity contribution in [2.24, 2.45) is 0 Å². The lowest BCUT2D eigenvalue weighted by Gasteiger charge is -2.09. The molecule has 0 aliphatic carbocycles. The molecule has 1 N–H and O–H groups in total. The fourth-order valence-electron chi connectivity index (χ4n) is 3.51. The lowest BCUT2D eigenvalue weighted by Crippen LogP contribution is -2.14. The van der Waals surface area contributed by atoms with Crippen LogP contribution in [0.5, 0.6) is 17.5 Å². The van der Waals surface area contributed by atoms with Gasteiger partial charge in [0.25, 0.3) is 0 Å². The van der Waals surface area contributed by atoms with Crippen LogP contribution in [0.2, 0.25) is 0 Å². The number of hydrogen-bond donors (Lipinski definition) is 1. The minimum atomic E-state index is -0.0685. The number of hydrogen-bond acceptors (Lipinski definition) is 7. The summed E-state index contributed by atoms with van der Waals surface area (Å²) in [5.74, 6) is 2.23. The SMILES string of the molecule is CC(C)Oc1nc(-c2ccc3c(c2)OCO3)n(-c2ccc(NC(=O)CSc3ccccc3)cc2)n1. The van der Waals surface area contributed by atoms with Gasteiger partial charge in [0.15, 0.2) is 17.3 Å². The van der Waals surface area contributed by atoms with Crippen molar-refractivity contribution >= 4 is 23.4 Å². The molecule has 5 rings (SSSR count). The first kappa shape index (κ1) is 22.8. The zero-order valence-corrected chi connectivity index (χ0v) is 20.1. The van der Waals surface area contributed by atoms with Crippen LogP contribution < -0.4 is 19.5 Å². The van der Waals surface area contributed by atoms with Crippen molar-refractivity contribution in [3.05, 3.63) is 72.8 Å². The van der Waals surface area contributed by atoms with Crippen LogP contribution in [-0.2, 0) is 4.79 Å². The number of benzene rings is 3. The first-order chi connectivity index (χ1) is 17.0. The second kappa shape index (κ2) is 10.1. The molecular formula is C26H24N4O4S. The van der Waals surface area contributed by atoms with Crippen molar-refractivity contribution in [3.63, 3.8) is 0 Å². The van der Waals surface area contributed by atoms with Gasteiger partial charge in [-0.1, -0.05) is 18.2 Å². The average molecular weight is 489 g/mol. The predicted molar refractivity (Wildman–Crippen MR) is 134 cm³/mol. The van der Waals surface area contributed by atoms with E-state index in [9.17, 15) is 4.79 Å². The van der Waals surface area contributed by atoms with Crippen LogP contribution in [0.3, 0.4) is 0 Å². The number of carbonyl (C=O) groups excluding carboxylic acids is 1. The van der Waals surface area contributed by atoms with E-state index in [4.69, 9.17) is 14.2 Å². The summed E-state index contributed by atoms with van der Waals surface area (Å²) in [6.45, 7) is 4.05. The minimum absolute atomic E-state index is 0.0678. The molecule has 0 atom stereocenters. The highest BCUT2D eigenvalue weighted by molar-refractivity contribution is 8.00. The van der Waals surface area contributed by atoms with Gasteiger partial charge in [-0.25, -0.2) is 4.68 Å². The maximum absolute atomic E-state index is 12.4. The number of aromatic nitrogens is 3. The molecule has 0 radical (unpaired) electrons. The van der Waals surface area contributed by atoms with Gasteiger partial charge in [0.2, 0.25) is 12.7 Å². The van der Waals surface area contributed by atoms with Crippen molar-refractivity contribution in [3.8, 4) is 34.6 Å². The summed E-state index contributed by atoms with van der Waals surface area (Å²) in [4.78, 5) is 18.0. The van der Waals surface area contributed by atoms with Gasteiger partial charge in [-0.3, -0.25) is 4.79 Å². The number of rotatable bonds is 8. The summed E-state index contributed by atoms with van der Waals surface area (Å²) in [5, 5.41) is 7.50. The Bertz CT molecular complexity index is 1320. The minimum Gasteiger partial charge on any atom is -0.460 e. The van der Waals surface area contributed by atoms with Gasteiger partial charge in [0.05, 0.1) is 17.5 Å². The molecule has 0 unspecified atom stereocenters. The van der Waals surface area contributed by atoms with Crippen LogP contribution in [0.15, 0.2) is 77.7 Å². The highest BCUT2D eigenvalue weighted by Crippen LogP contribution is 2.36. The Hall–Kier alpha value is -3.98. The first-order valence-electron chi connectivity index (χ1n) is 11.2. The maximum Gasteiger partial charge on any atom is 0.336 e. The third-order valence-electron chi connectivity index (χ3n) is 5.07. The zero-order valence-electron chi connectivity index (χ0n) is 19.3. The van der Waals surface area contributed by atoms with Crippen molar-refractivity contribution < 1.29 is 19.0 Å². The Morgan fingerprint density at radius 2 is 1.83 bits per heavy atom. The van der Waals surface area contributed by atoms with Gasteiger partial charge in [0, 0.05) is 16.1 Å². The van der Waals surface area contributed by atoms with Gasteiger partial charge in [-0.05, 0) is 68.4 Å². The van der Waals surface area contributed by atoms with Gasteiger partial charge >= 0.3 is 6.01 Å². The lowest BCUT2D eigenvalue weighted by molar-refractivity contribution is -0.113. The Labute approximate surface area is 207 Å². The molecule has 4 aromatic rings. The van der Waals surface area contributed by atoms with E-state index in [1.165, 1.54) is 11.8 Å². The highest BCUT2D eigenvalue weighted by atomic mass is 32.2. The third kappa shape index (κ3) is 5.41. The van der Waals surface area contributed by atoms with Crippen molar-refractivity contribution in [1.29, 1.82) is 0 Å². The van der Waals surface area contributed by atoms with E-state index >= 15 is 0 Å². The van der Waals surface area contributed by atoms with Crippen LogP contribution in [0.25, 0.3) is 17.1 Å². The van der Waals surface area contributed by atoms with Crippen molar-refractivity contribution in [2.75, 3.05) is 17.9 Å². The largest absolute Gasteiger partial charge is 0.460 e. The number of nitrogens with one attached hydrogen (secondary N) is 1. The molecule has 0 bridgehead atoms. The number of carbonyl (C=O) groups is 1. The third-order valence-corrected chi connectivity index (χ3v) is 6.08. The Kier molecular flexibility index (Phi) is 6.58. The van der Waals surface area contributed by atoms with Crippen LogP contribution in [0.1, 0.15) is 13.8 Å². The van der Waals surface area contributed by atoms with Gasteiger partial charge in [-0.15, -0.1) is 16.9 Å². The molecule has 0 saturated heterocycles. The fraction of sp³-hybridized carbons (Fsp3) is 0.192. The zero-order chi connectivity index (χ0) is 24.2. The quantitative estimate of drug-likeness (QED) is 0.342. The molecular weight excluding hydrogens is 464 g/mol. The standard InChI is InChI=1S/C26H24N4O4S/c1-17(2)34-26-28-25(18-8-13-22-23(14-18)33-16-32-22)30(29-26)20-11-9-19(10-12-20)27-24(31)15-35-21-6-4-3-5-7-21/h3-14,17H,15-16H2,1-2H3,(H,27,31). The van der Waals surface area contributed by atoms with Crippen LogP contribution in [0, 0.1) is 0 Å². The molecule has 9 heteroatoms. The van der Waals surface area contributed by atoms with E-state index in [1.54, 1.807) is 4.68 Å². The summed E-state index contributed by atoms with van der Waals surface area (Å²) in [6.07, 6.45) is -0.0678. The maximum atomic E-state index is 12.4. The van der Waals surface area contributed by atoms with E-state index in [0.717, 1.165) is 16.1 Å². The predicted octanol–water partition coefficient (Wildman–Crippen LogP) is 5.18. The van der Waals surface area contributed by atoms with Crippen LogP contribution in [-0.4, -0.2) is 39.3 Å². The second-order valence-electron chi connectivity index (χ2n) is 8.06. The summed E-state index contributed by atoms with van der Waals surface area (Å²) < 4.78 is 18.4. The van der Waals surface area contributed by atoms with E-state index < -0.39 is 0 Å². The molecule has 1 amide bonds. The lowest BCUT2D eigenvalue weighted by atomic mass is 10.2.